The van der Waals surface area contributed by atoms with Crippen LogP contribution in [0.15, 0.2) is 42.5 Å². The van der Waals surface area contributed by atoms with Crippen LogP contribution in [-0.2, 0) is 6.42 Å². The zero-order valence-corrected chi connectivity index (χ0v) is 20.0. The minimum Gasteiger partial charge on any atom is -0.543 e. The van der Waals surface area contributed by atoms with E-state index in [0.29, 0.717) is 6.42 Å². The Morgan fingerprint density at radius 3 is 2.07 bits per heavy atom. The molecule has 0 amide bonds. The minimum atomic E-state index is -2.02. The molecule has 0 bridgehead atoms. The molecule has 2 aromatic carbocycles. The van der Waals surface area contributed by atoms with E-state index in [1.165, 1.54) is 0 Å². The summed E-state index contributed by atoms with van der Waals surface area (Å²) in [6.45, 7) is 11.2. The largest absolute Gasteiger partial charge is 0.543 e. The SMILES string of the molecule is COc1cc(OC)c(C/C=C/c2ccccc2OC)c(O[Si](C)(C)C(C)(C)C)c1. The fourth-order valence-corrected chi connectivity index (χ4v) is 3.76. The van der Waals surface area contributed by atoms with Gasteiger partial charge < -0.3 is 18.6 Å². The standard InChI is InChI=1S/C24H34O4Si/c1-24(2,3)29(7,8)28-23-17-19(25-4)16-22(27-6)20(23)14-11-13-18-12-9-10-15-21(18)26-5/h9-13,15-17H,14H2,1-8H3/b13-11+. The number of benzene rings is 2. The highest BCUT2D eigenvalue weighted by molar-refractivity contribution is 6.74. The summed E-state index contributed by atoms with van der Waals surface area (Å²) < 4.78 is 23.2. The summed E-state index contributed by atoms with van der Waals surface area (Å²) in [6, 6.07) is 11.8. The second kappa shape index (κ2) is 9.40. The summed E-state index contributed by atoms with van der Waals surface area (Å²) in [5.74, 6) is 3.18. The predicted octanol–water partition coefficient (Wildman–Crippen LogP) is 6.35. The molecule has 0 unspecified atom stereocenters. The molecule has 0 aromatic heterocycles. The van der Waals surface area contributed by atoms with Gasteiger partial charge in [-0.1, -0.05) is 51.1 Å². The Labute approximate surface area is 176 Å². The van der Waals surface area contributed by atoms with Gasteiger partial charge in [-0.3, -0.25) is 0 Å². The molecule has 4 nitrogen and oxygen atoms in total. The molecule has 0 saturated carbocycles. The molecule has 2 aromatic rings. The van der Waals surface area contributed by atoms with Crippen LogP contribution in [0.5, 0.6) is 23.0 Å². The molecule has 29 heavy (non-hydrogen) atoms. The quantitative estimate of drug-likeness (QED) is 0.472. The molecule has 0 spiro atoms. The van der Waals surface area contributed by atoms with Crippen molar-refractivity contribution in [3.05, 3.63) is 53.6 Å². The number of para-hydroxylation sites is 1. The molecule has 0 aliphatic carbocycles. The fraction of sp³-hybridized carbons (Fsp3) is 0.417. The van der Waals surface area contributed by atoms with Crippen molar-refractivity contribution in [2.45, 2.75) is 45.3 Å². The van der Waals surface area contributed by atoms with E-state index in [1.807, 2.05) is 36.4 Å². The van der Waals surface area contributed by atoms with E-state index in [1.54, 1.807) is 21.3 Å². The van der Waals surface area contributed by atoms with E-state index in [-0.39, 0.29) is 5.04 Å². The number of allylic oxidation sites excluding steroid dienone is 1. The van der Waals surface area contributed by atoms with E-state index in [4.69, 9.17) is 18.6 Å². The van der Waals surface area contributed by atoms with Crippen LogP contribution in [-0.4, -0.2) is 29.6 Å². The monoisotopic (exact) mass is 414 g/mol. The first-order valence-electron chi connectivity index (χ1n) is 9.86. The highest BCUT2D eigenvalue weighted by Gasteiger charge is 2.39. The molecule has 158 valence electrons. The Bertz CT molecular complexity index is 850. The van der Waals surface area contributed by atoms with Crippen LogP contribution in [0.2, 0.25) is 18.1 Å². The Balaban J connectivity index is 2.42. The summed E-state index contributed by atoms with van der Waals surface area (Å²) in [4.78, 5) is 0. The normalized spacial score (nSPS) is 12.1. The van der Waals surface area contributed by atoms with Gasteiger partial charge in [-0.2, -0.15) is 0 Å². The lowest BCUT2D eigenvalue weighted by Crippen LogP contribution is -2.44. The Morgan fingerprint density at radius 2 is 1.48 bits per heavy atom. The van der Waals surface area contributed by atoms with Crippen molar-refractivity contribution in [2.75, 3.05) is 21.3 Å². The van der Waals surface area contributed by atoms with Crippen molar-refractivity contribution in [1.82, 2.24) is 0 Å². The van der Waals surface area contributed by atoms with Crippen LogP contribution in [0.3, 0.4) is 0 Å². The molecule has 0 aliphatic rings. The predicted molar refractivity (Wildman–Crippen MR) is 123 cm³/mol. The van der Waals surface area contributed by atoms with E-state index in [0.717, 1.165) is 34.1 Å². The van der Waals surface area contributed by atoms with Crippen LogP contribution < -0.4 is 18.6 Å². The van der Waals surface area contributed by atoms with Crippen molar-refractivity contribution in [3.63, 3.8) is 0 Å². The third-order valence-electron chi connectivity index (χ3n) is 5.53. The van der Waals surface area contributed by atoms with Gasteiger partial charge in [0.25, 0.3) is 0 Å². The maximum atomic E-state index is 6.65. The second-order valence-corrected chi connectivity index (χ2v) is 13.2. The van der Waals surface area contributed by atoms with E-state index in [9.17, 15) is 0 Å². The zero-order valence-electron chi connectivity index (χ0n) is 19.0. The molecule has 0 radical (unpaired) electrons. The smallest absolute Gasteiger partial charge is 0.250 e. The van der Waals surface area contributed by atoms with Gasteiger partial charge in [0.1, 0.15) is 23.0 Å². The first-order chi connectivity index (χ1) is 13.6. The number of hydrogen-bond acceptors (Lipinski definition) is 4. The third kappa shape index (κ3) is 5.57. The van der Waals surface area contributed by atoms with Crippen LogP contribution in [0.1, 0.15) is 31.9 Å². The van der Waals surface area contributed by atoms with Crippen molar-refractivity contribution in [2.24, 2.45) is 0 Å². The van der Waals surface area contributed by atoms with Gasteiger partial charge in [-0.25, -0.2) is 0 Å². The molecule has 0 N–H and O–H groups in total. The second-order valence-electron chi connectivity index (χ2n) is 8.52. The van der Waals surface area contributed by atoms with Gasteiger partial charge in [0.05, 0.1) is 21.3 Å². The maximum absolute atomic E-state index is 6.65. The number of rotatable bonds is 8. The highest BCUT2D eigenvalue weighted by atomic mass is 28.4. The lowest BCUT2D eigenvalue weighted by molar-refractivity contribution is 0.384. The summed E-state index contributed by atoms with van der Waals surface area (Å²) in [6.07, 6.45) is 4.86. The number of hydrogen-bond donors (Lipinski definition) is 0. The summed E-state index contributed by atoms with van der Waals surface area (Å²) in [7, 11) is 3.00. The minimum absolute atomic E-state index is 0.0911. The average Bonchev–Trinajstić information content (AvgIpc) is 2.67. The first-order valence-corrected chi connectivity index (χ1v) is 12.8. The van der Waals surface area contributed by atoms with Crippen LogP contribution >= 0.6 is 0 Å². The molecule has 2 rings (SSSR count). The third-order valence-corrected chi connectivity index (χ3v) is 9.87. The maximum Gasteiger partial charge on any atom is 0.250 e. The molecular formula is C24H34O4Si. The number of methoxy groups -OCH3 is 3. The van der Waals surface area contributed by atoms with E-state index in [2.05, 4.69) is 46.0 Å². The Hall–Kier alpha value is -2.40. The average molecular weight is 415 g/mol. The van der Waals surface area contributed by atoms with Crippen molar-refractivity contribution < 1.29 is 18.6 Å². The van der Waals surface area contributed by atoms with Gasteiger partial charge in [0.2, 0.25) is 8.32 Å². The van der Waals surface area contributed by atoms with E-state index < -0.39 is 8.32 Å². The summed E-state index contributed by atoms with van der Waals surface area (Å²) in [5, 5.41) is 0.0911. The zero-order chi connectivity index (χ0) is 21.7. The van der Waals surface area contributed by atoms with Gasteiger partial charge >= 0.3 is 0 Å². The van der Waals surface area contributed by atoms with Crippen LogP contribution in [0, 0.1) is 0 Å². The summed E-state index contributed by atoms with van der Waals surface area (Å²) in [5.41, 5.74) is 2.05. The van der Waals surface area contributed by atoms with Gasteiger partial charge in [0, 0.05) is 23.3 Å². The molecule has 0 saturated heterocycles. The molecular weight excluding hydrogens is 380 g/mol. The topological polar surface area (TPSA) is 36.9 Å². The molecule has 0 fully saturated rings. The molecule has 0 heterocycles. The van der Waals surface area contributed by atoms with Crippen molar-refractivity contribution in [3.8, 4) is 23.0 Å². The van der Waals surface area contributed by atoms with Gasteiger partial charge in [-0.15, -0.1) is 0 Å². The van der Waals surface area contributed by atoms with Gasteiger partial charge in [0.15, 0.2) is 0 Å². The van der Waals surface area contributed by atoms with Crippen molar-refractivity contribution >= 4 is 14.4 Å². The Kier molecular flexibility index (Phi) is 7.41. The van der Waals surface area contributed by atoms with Crippen LogP contribution in [0.4, 0.5) is 0 Å². The Morgan fingerprint density at radius 1 is 0.862 bits per heavy atom. The first kappa shape index (κ1) is 22.9. The fourth-order valence-electron chi connectivity index (χ4n) is 2.72. The lowest BCUT2D eigenvalue weighted by Gasteiger charge is -2.37. The van der Waals surface area contributed by atoms with Crippen LogP contribution in [0.25, 0.3) is 6.08 Å². The lowest BCUT2D eigenvalue weighted by atomic mass is 10.1. The van der Waals surface area contributed by atoms with E-state index >= 15 is 0 Å². The molecule has 0 atom stereocenters. The van der Waals surface area contributed by atoms with Gasteiger partial charge in [-0.05, 0) is 30.6 Å². The van der Waals surface area contributed by atoms with Crippen molar-refractivity contribution in [1.29, 1.82) is 0 Å². The molecule has 0 aliphatic heterocycles. The number of ether oxygens (including phenoxy) is 3. The highest BCUT2D eigenvalue weighted by Crippen LogP contribution is 2.42. The summed E-state index contributed by atoms with van der Waals surface area (Å²) >= 11 is 0. The molecule has 5 heteroatoms.